The van der Waals surface area contributed by atoms with Gasteiger partial charge in [0.25, 0.3) is 5.91 Å². The molecule has 0 heterocycles. The Balaban J connectivity index is 2.71. The lowest BCUT2D eigenvalue weighted by Gasteiger charge is -2.17. The van der Waals surface area contributed by atoms with Crippen LogP contribution in [0.3, 0.4) is 0 Å². The van der Waals surface area contributed by atoms with Crippen LogP contribution in [0.25, 0.3) is 0 Å². The summed E-state index contributed by atoms with van der Waals surface area (Å²) >= 11 is 5.84. The predicted octanol–water partition coefficient (Wildman–Crippen LogP) is 2.65. The number of carbonyl (C=O) groups excluding carboxylic acids is 1. The molecule has 1 amide bonds. The zero-order chi connectivity index (χ0) is 12.8. The molecule has 1 rings (SSSR count). The third kappa shape index (κ3) is 4.08. The number of halogens is 1. The fourth-order valence-corrected chi connectivity index (χ4v) is 1.51. The topological polar surface area (TPSA) is 44.1 Å². The number of hydrogen-bond donors (Lipinski definition) is 0. The third-order valence-corrected chi connectivity index (χ3v) is 2.67. The first-order valence-electron chi connectivity index (χ1n) is 5.44. The summed E-state index contributed by atoms with van der Waals surface area (Å²) in [5.41, 5.74) is 1.03. The van der Waals surface area contributed by atoms with Gasteiger partial charge in [0, 0.05) is 24.5 Å². The highest BCUT2D eigenvalue weighted by molar-refractivity contribution is 6.20. The summed E-state index contributed by atoms with van der Waals surface area (Å²) in [5, 5.41) is 8.82. The summed E-state index contributed by atoms with van der Waals surface area (Å²) in [5.74, 6) is -0.0839. The van der Waals surface area contributed by atoms with E-state index in [1.54, 1.807) is 36.2 Å². The molecule has 0 fully saturated rings. The first-order valence-corrected chi connectivity index (χ1v) is 5.88. The minimum Gasteiger partial charge on any atom is -0.342 e. The fourth-order valence-electron chi connectivity index (χ4n) is 1.42. The molecule has 0 N–H and O–H groups in total. The maximum absolute atomic E-state index is 12.0. The molecular formula is C13H15ClN2O. The Morgan fingerprint density at radius 1 is 1.59 bits per heavy atom. The molecule has 17 heavy (non-hydrogen) atoms. The van der Waals surface area contributed by atoms with Gasteiger partial charge >= 0.3 is 0 Å². The number of alkyl halides is 1. The number of amides is 1. The smallest absolute Gasteiger partial charge is 0.253 e. The van der Waals surface area contributed by atoms with Crippen molar-refractivity contribution in [3.63, 3.8) is 0 Å². The van der Waals surface area contributed by atoms with Crippen LogP contribution in [-0.2, 0) is 0 Å². The van der Waals surface area contributed by atoms with E-state index in [1.807, 2.05) is 13.0 Å². The number of nitrogens with zero attached hydrogens (tertiary/aromatic N) is 2. The summed E-state index contributed by atoms with van der Waals surface area (Å²) in [4.78, 5) is 13.6. The largest absolute Gasteiger partial charge is 0.342 e. The zero-order valence-electron chi connectivity index (χ0n) is 9.98. The molecule has 0 aromatic heterocycles. The lowest BCUT2D eigenvalue weighted by Crippen LogP contribution is -2.28. The second kappa shape index (κ2) is 6.27. The van der Waals surface area contributed by atoms with Crippen LogP contribution in [-0.4, -0.2) is 29.8 Å². The van der Waals surface area contributed by atoms with Crippen LogP contribution >= 0.6 is 11.6 Å². The molecule has 0 saturated carbocycles. The highest BCUT2D eigenvalue weighted by atomic mass is 35.5. The van der Waals surface area contributed by atoms with Gasteiger partial charge in [-0.1, -0.05) is 6.07 Å². The van der Waals surface area contributed by atoms with E-state index >= 15 is 0 Å². The van der Waals surface area contributed by atoms with Gasteiger partial charge in [-0.25, -0.2) is 0 Å². The molecule has 4 heteroatoms. The van der Waals surface area contributed by atoms with Crippen molar-refractivity contribution in [2.45, 2.75) is 18.7 Å². The van der Waals surface area contributed by atoms with Crippen LogP contribution < -0.4 is 0 Å². The number of rotatable bonds is 4. The average Bonchev–Trinajstić information content (AvgIpc) is 2.35. The van der Waals surface area contributed by atoms with Crippen molar-refractivity contribution in [3.05, 3.63) is 35.4 Å². The molecule has 90 valence electrons. The van der Waals surface area contributed by atoms with Crippen molar-refractivity contribution in [3.8, 4) is 6.07 Å². The second-order valence-electron chi connectivity index (χ2n) is 3.99. The van der Waals surface area contributed by atoms with Crippen molar-refractivity contribution in [1.29, 1.82) is 5.26 Å². The average molecular weight is 251 g/mol. The summed E-state index contributed by atoms with van der Waals surface area (Å²) in [6, 6.07) is 8.72. The quantitative estimate of drug-likeness (QED) is 0.771. The molecule has 0 radical (unpaired) electrons. The summed E-state index contributed by atoms with van der Waals surface area (Å²) in [6.45, 7) is 2.51. The van der Waals surface area contributed by atoms with Gasteiger partial charge in [0.2, 0.25) is 0 Å². The summed E-state index contributed by atoms with van der Waals surface area (Å²) in [7, 11) is 1.74. The van der Waals surface area contributed by atoms with Gasteiger partial charge in [-0.15, -0.1) is 11.6 Å². The van der Waals surface area contributed by atoms with Crippen LogP contribution in [0.15, 0.2) is 24.3 Å². The van der Waals surface area contributed by atoms with E-state index in [2.05, 4.69) is 0 Å². The minimum absolute atomic E-state index is 0.0516. The monoisotopic (exact) mass is 250 g/mol. The standard InChI is InChI=1S/C13H15ClN2O/c1-10(14)6-7-16(2)13(17)12-5-3-4-11(8-12)9-15/h3-5,8,10H,6-7H2,1-2H3. The number of benzene rings is 1. The van der Waals surface area contributed by atoms with E-state index in [9.17, 15) is 4.79 Å². The van der Waals surface area contributed by atoms with Crippen LogP contribution in [0.5, 0.6) is 0 Å². The first-order chi connectivity index (χ1) is 8.04. The maximum Gasteiger partial charge on any atom is 0.253 e. The van der Waals surface area contributed by atoms with Gasteiger partial charge in [-0.3, -0.25) is 4.79 Å². The van der Waals surface area contributed by atoms with E-state index in [0.29, 0.717) is 17.7 Å². The Bertz CT molecular complexity index is 437. The molecule has 0 spiro atoms. The van der Waals surface area contributed by atoms with Crippen molar-refractivity contribution in [1.82, 2.24) is 4.90 Å². The van der Waals surface area contributed by atoms with Gasteiger partial charge < -0.3 is 4.90 Å². The van der Waals surface area contributed by atoms with E-state index in [0.717, 1.165) is 6.42 Å². The van der Waals surface area contributed by atoms with Crippen LogP contribution in [0.1, 0.15) is 29.3 Å². The van der Waals surface area contributed by atoms with E-state index in [1.165, 1.54) is 0 Å². The molecule has 1 aromatic rings. The molecule has 0 aliphatic rings. The molecule has 1 unspecified atom stereocenters. The van der Waals surface area contributed by atoms with E-state index < -0.39 is 0 Å². The highest BCUT2D eigenvalue weighted by Gasteiger charge is 2.12. The maximum atomic E-state index is 12.0. The summed E-state index contributed by atoms with van der Waals surface area (Å²) in [6.07, 6.45) is 0.752. The van der Waals surface area contributed by atoms with Gasteiger partial charge in [-0.2, -0.15) is 5.26 Å². The number of nitriles is 1. The van der Waals surface area contributed by atoms with Crippen LogP contribution in [0.4, 0.5) is 0 Å². The Kier molecular flexibility index (Phi) is 4.99. The SMILES string of the molecule is CC(Cl)CCN(C)C(=O)c1cccc(C#N)c1. The van der Waals surface area contributed by atoms with Crippen molar-refractivity contribution < 1.29 is 4.79 Å². The molecule has 0 aliphatic carbocycles. The lowest BCUT2D eigenvalue weighted by atomic mass is 10.1. The minimum atomic E-state index is -0.0839. The van der Waals surface area contributed by atoms with Crippen LogP contribution in [0.2, 0.25) is 0 Å². The van der Waals surface area contributed by atoms with Crippen molar-refractivity contribution in [2.75, 3.05) is 13.6 Å². The fraction of sp³-hybridized carbons (Fsp3) is 0.385. The first kappa shape index (κ1) is 13.5. The lowest BCUT2D eigenvalue weighted by molar-refractivity contribution is 0.0793. The Labute approximate surface area is 107 Å². The van der Waals surface area contributed by atoms with E-state index in [-0.39, 0.29) is 11.3 Å². The Hall–Kier alpha value is -1.53. The number of hydrogen-bond acceptors (Lipinski definition) is 2. The highest BCUT2D eigenvalue weighted by Crippen LogP contribution is 2.08. The van der Waals surface area contributed by atoms with Crippen molar-refractivity contribution >= 4 is 17.5 Å². The molecular weight excluding hydrogens is 236 g/mol. The van der Waals surface area contributed by atoms with E-state index in [4.69, 9.17) is 16.9 Å². The molecule has 0 saturated heterocycles. The van der Waals surface area contributed by atoms with Gasteiger partial charge in [0.15, 0.2) is 0 Å². The number of carbonyl (C=O) groups is 1. The van der Waals surface area contributed by atoms with Gasteiger partial charge in [0.1, 0.15) is 0 Å². The predicted molar refractivity (Wildman–Crippen MR) is 68.0 cm³/mol. The summed E-state index contributed by atoms with van der Waals surface area (Å²) < 4.78 is 0. The molecule has 0 bridgehead atoms. The second-order valence-corrected chi connectivity index (χ2v) is 4.73. The third-order valence-electron chi connectivity index (χ3n) is 2.45. The molecule has 1 aromatic carbocycles. The van der Waals surface area contributed by atoms with Gasteiger partial charge in [-0.05, 0) is 31.5 Å². The van der Waals surface area contributed by atoms with Crippen molar-refractivity contribution in [2.24, 2.45) is 0 Å². The molecule has 0 aliphatic heterocycles. The Morgan fingerprint density at radius 3 is 2.88 bits per heavy atom. The molecule has 1 atom stereocenters. The zero-order valence-corrected chi connectivity index (χ0v) is 10.7. The van der Waals surface area contributed by atoms with Gasteiger partial charge in [0.05, 0.1) is 11.6 Å². The normalized spacial score (nSPS) is 11.6. The van der Waals surface area contributed by atoms with Crippen LogP contribution in [0, 0.1) is 11.3 Å². The Morgan fingerprint density at radius 2 is 2.29 bits per heavy atom. The molecule has 3 nitrogen and oxygen atoms in total.